The molecular formula is C29H28ClN3O9. The number of carbonyl (C=O) groups is 6. The molecule has 0 spiro atoms. The van der Waals surface area contributed by atoms with E-state index >= 15 is 0 Å². The molecule has 2 unspecified atom stereocenters. The highest BCUT2D eigenvalue weighted by Gasteiger charge is 2.66. The molecule has 5 atom stereocenters. The van der Waals surface area contributed by atoms with Crippen LogP contribution in [0.4, 0.5) is 10.5 Å². The summed E-state index contributed by atoms with van der Waals surface area (Å²) in [6.07, 6.45) is -1.11. The van der Waals surface area contributed by atoms with Gasteiger partial charge in [-0.25, -0.2) is 4.79 Å². The number of amides is 2. The second-order valence-corrected chi connectivity index (χ2v) is 11.5. The van der Waals surface area contributed by atoms with Crippen LogP contribution in [0.1, 0.15) is 34.3 Å². The van der Waals surface area contributed by atoms with E-state index in [1.54, 1.807) is 37.2 Å². The first-order chi connectivity index (χ1) is 19.7. The van der Waals surface area contributed by atoms with Crippen molar-refractivity contribution in [2.75, 3.05) is 19.0 Å². The molecule has 12 nitrogen and oxygen atoms in total. The number of aliphatic hydroxyl groups is 1. The topological polar surface area (TPSA) is 193 Å². The molecule has 0 radical (unpaired) electrons. The Labute approximate surface area is 244 Å². The van der Waals surface area contributed by atoms with Gasteiger partial charge in [-0.3, -0.25) is 24.0 Å². The van der Waals surface area contributed by atoms with Gasteiger partial charge in [-0.15, -0.1) is 0 Å². The minimum absolute atomic E-state index is 0.00543. The molecule has 5 N–H and O–H groups in total. The van der Waals surface area contributed by atoms with Gasteiger partial charge in [0.15, 0.2) is 34.7 Å². The maximum absolute atomic E-state index is 13.9. The van der Waals surface area contributed by atoms with E-state index in [1.165, 1.54) is 12.1 Å². The Morgan fingerprint density at radius 2 is 1.79 bits per heavy atom. The van der Waals surface area contributed by atoms with Crippen molar-refractivity contribution in [3.63, 3.8) is 0 Å². The number of ketones is 4. The summed E-state index contributed by atoms with van der Waals surface area (Å²) in [5, 5.41) is 25.6. The predicted octanol–water partition coefficient (Wildman–Crippen LogP) is 1.33. The number of nitrogens with two attached hydrogens (primary N) is 1. The van der Waals surface area contributed by atoms with E-state index < -0.39 is 76.6 Å². The Morgan fingerprint density at radius 1 is 1.12 bits per heavy atom. The third-order valence-electron chi connectivity index (χ3n) is 8.39. The van der Waals surface area contributed by atoms with E-state index in [0.29, 0.717) is 16.3 Å². The highest BCUT2D eigenvalue weighted by Crippen LogP contribution is 2.51. The van der Waals surface area contributed by atoms with Crippen molar-refractivity contribution in [1.82, 2.24) is 5.32 Å². The van der Waals surface area contributed by atoms with Crippen molar-refractivity contribution in [2.24, 2.45) is 29.4 Å². The lowest BCUT2D eigenvalue weighted by molar-refractivity contribution is -0.175. The van der Waals surface area contributed by atoms with Crippen molar-refractivity contribution in [3.05, 3.63) is 52.0 Å². The van der Waals surface area contributed by atoms with Crippen LogP contribution in [0, 0.1) is 23.7 Å². The van der Waals surface area contributed by atoms with Gasteiger partial charge >= 0.3 is 6.09 Å². The predicted molar refractivity (Wildman–Crippen MR) is 147 cm³/mol. The van der Waals surface area contributed by atoms with E-state index in [-0.39, 0.29) is 36.3 Å². The number of fused-ring (bicyclic) bond motifs is 3. The monoisotopic (exact) mass is 597 g/mol. The molecule has 42 heavy (non-hydrogen) atoms. The highest BCUT2D eigenvalue weighted by molar-refractivity contribution is 6.31. The zero-order chi connectivity index (χ0) is 30.7. The van der Waals surface area contributed by atoms with Crippen LogP contribution in [0.2, 0.25) is 5.02 Å². The number of nitrogens with one attached hydrogen (secondary N) is 1. The number of Topliss-reactive ketones (excluding diaryl/α,β-unsaturated/α-hetero) is 4. The number of ether oxygens (including phenoxy) is 1. The summed E-state index contributed by atoms with van der Waals surface area (Å²) < 4.78 is 5.20. The summed E-state index contributed by atoms with van der Waals surface area (Å²) >= 11 is 5.84. The Kier molecular flexibility index (Phi) is 7.32. The first-order valence-electron chi connectivity index (χ1n) is 13.2. The van der Waals surface area contributed by atoms with Crippen molar-refractivity contribution >= 4 is 52.4 Å². The number of primary amides is 1. The second kappa shape index (κ2) is 10.5. The molecule has 2 amide bonds. The smallest absolute Gasteiger partial charge is 0.412 e. The SMILES string of the molecule is CN(C)c1cc(CNC(=O)Oc2ccc(Cl)cc2)c(O)c2c1C[C@H]1C[C@H]3CC(=O)C(C(N)=O)C(=O)[C@@]3(O)C(=O)C1C2=O. The van der Waals surface area contributed by atoms with Crippen LogP contribution in [0.25, 0.3) is 0 Å². The number of nitrogens with zero attached hydrogens (tertiary/aromatic N) is 1. The number of rotatable bonds is 5. The average molecular weight is 598 g/mol. The molecule has 0 aliphatic heterocycles. The summed E-state index contributed by atoms with van der Waals surface area (Å²) in [5.74, 6) is -10.7. The zero-order valence-electron chi connectivity index (χ0n) is 22.7. The van der Waals surface area contributed by atoms with Crippen LogP contribution in [0.5, 0.6) is 11.5 Å². The first kappa shape index (κ1) is 29.2. The Hall–Kier alpha value is -4.29. The molecule has 0 saturated heterocycles. The largest absolute Gasteiger partial charge is 0.507 e. The standard InChI is InChI=1S/C29H28ClN3O9/c1-33(2)18-9-13(11-32-28(40)42-16-5-3-15(30)4-6-16)23(35)21-17(18)8-12-7-14-10-19(34)22(27(31)39)26(38)29(14,41)25(37)20(12)24(21)36/h3-6,9,12,14,20,22,35,41H,7-8,10-11H2,1-2H3,(H2,31,39)(H,32,40)/t12-,14+,20?,22?,29+/m1/s1. The summed E-state index contributed by atoms with van der Waals surface area (Å²) in [5.41, 5.74) is 3.50. The van der Waals surface area contributed by atoms with Gasteiger partial charge in [0.05, 0.1) is 11.5 Å². The Balaban J connectivity index is 1.47. The maximum Gasteiger partial charge on any atom is 0.412 e. The third kappa shape index (κ3) is 4.60. The van der Waals surface area contributed by atoms with Crippen molar-refractivity contribution < 1.29 is 43.7 Å². The molecule has 3 aliphatic carbocycles. The normalized spacial score (nSPS) is 26.6. The lowest BCUT2D eigenvalue weighted by Crippen LogP contribution is -2.68. The summed E-state index contributed by atoms with van der Waals surface area (Å²) in [6, 6.07) is 7.68. The second-order valence-electron chi connectivity index (χ2n) is 11.1. The van der Waals surface area contributed by atoms with E-state index in [1.807, 2.05) is 0 Å². The molecule has 3 aliphatic rings. The van der Waals surface area contributed by atoms with Crippen LogP contribution in [0.3, 0.4) is 0 Å². The molecule has 2 fully saturated rings. The molecule has 13 heteroatoms. The molecule has 0 aromatic heterocycles. The van der Waals surface area contributed by atoms with Gasteiger partial charge in [0.2, 0.25) is 5.91 Å². The van der Waals surface area contributed by atoms with Gasteiger partial charge in [0.1, 0.15) is 11.5 Å². The maximum atomic E-state index is 13.9. The van der Waals surface area contributed by atoms with Gasteiger partial charge in [-0.05, 0) is 54.7 Å². The van der Waals surface area contributed by atoms with Gasteiger partial charge in [0, 0.05) is 49.3 Å². The van der Waals surface area contributed by atoms with Crippen LogP contribution < -0.4 is 20.7 Å². The number of hydrogen-bond donors (Lipinski definition) is 4. The van der Waals surface area contributed by atoms with Crippen LogP contribution >= 0.6 is 11.6 Å². The number of halogens is 1. The molecule has 0 bridgehead atoms. The van der Waals surface area contributed by atoms with Gasteiger partial charge in [-0.1, -0.05) is 11.6 Å². The first-order valence-corrected chi connectivity index (χ1v) is 13.6. The number of benzene rings is 2. The number of phenolic OH excluding ortho intramolecular Hbond substituents is 1. The lowest BCUT2D eigenvalue weighted by atomic mass is 9.53. The minimum atomic E-state index is -2.73. The molecule has 2 aromatic carbocycles. The quantitative estimate of drug-likeness (QED) is 0.365. The highest BCUT2D eigenvalue weighted by atomic mass is 35.5. The fourth-order valence-corrected chi connectivity index (χ4v) is 6.54. The molecule has 2 saturated carbocycles. The Morgan fingerprint density at radius 3 is 2.40 bits per heavy atom. The molecule has 5 rings (SSSR count). The molecule has 2 aromatic rings. The fraction of sp³-hybridized carbons (Fsp3) is 0.379. The van der Waals surface area contributed by atoms with Gasteiger partial charge < -0.3 is 30.9 Å². The minimum Gasteiger partial charge on any atom is -0.507 e. The zero-order valence-corrected chi connectivity index (χ0v) is 23.4. The number of carbonyl (C=O) groups excluding carboxylic acids is 6. The number of phenols is 1. The van der Waals surface area contributed by atoms with Gasteiger partial charge in [-0.2, -0.15) is 0 Å². The number of hydrogen-bond acceptors (Lipinski definition) is 10. The number of anilines is 1. The summed E-state index contributed by atoms with van der Waals surface area (Å²) in [7, 11) is 3.45. The van der Waals surface area contributed by atoms with Crippen LogP contribution in [-0.2, 0) is 32.1 Å². The average Bonchev–Trinajstić information content (AvgIpc) is 2.91. The van der Waals surface area contributed by atoms with Crippen LogP contribution in [0.15, 0.2) is 30.3 Å². The third-order valence-corrected chi connectivity index (χ3v) is 8.64. The Bertz CT molecular complexity index is 1550. The van der Waals surface area contributed by atoms with Crippen molar-refractivity contribution in [3.8, 4) is 11.5 Å². The molecule has 220 valence electrons. The molecule has 0 heterocycles. The lowest BCUT2D eigenvalue weighted by Gasteiger charge is -2.48. The van der Waals surface area contributed by atoms with Crippen molar-refractivity contribution in [1.29, 1.82) is 0 Å². The number of aromatic hydroxyl groups is 1. The van der Waals surface area contributed by atoms with E-state index in [9.17, 15) is 39.0 Å². The van der Waals surface area contributed by atoms with Crippen LogP contribution in [-0.4, -0.2) is 65.0 Å². The van der Waals surface area contributed by atoms with Gasteiger partial charge in [0.25, 0.3) is 0 Å². The van der Waals surface area contributed by atoms with Crippen molar-refractivity contribution in [2.45, 2.75) is 31.4 Å². The summed E-state index contributed by atoms with van der Waals surface area (Å²) in [4.78, 5) is 79.2. The summed E-state index contributed by atoms with van der Waals surface area (Å²) in [6.45, 7) is -0.241. The van der Waals surface area contributed by atoms with E-state index in [0.717, 1.165) is 0 Å². The fourth-order valence-electron chi connectivity index (χ4n) is 6.42. The van der Waals surface area contributed by atoms with E-state index in [4.69, 9.17) is 22.1 Å². The van der Waals surface area contributed by atoms with E-state index in [2.05, 4.69) is 5.32 Å². The molecular weight excluding hydrogens is 570 g/mol.